The number of carbonyl (C=O) groups is 1. The minimum absolute atomic E-state index is 0.0362. The molecule has 0 spiro atoms. The van der Waals surface area contributed by atoms with Crippen molar-refractivity contribution in [2.24, 2.45) is 5.41 Å². The van der Waals surface area contributed by atoms with Gasteiger partial charge in [0.1, 0.15) is 17.7 Å². The molecule has 1 amide bonds. The van der Waals surface area contributed by atoms with Gasteiger partial charge < -0.3 is 29.2 Å². The molecule has 1 aliphatic carbocycles. The van der Waals surface area contributed by atoms with Crippen LogP contribution in [0.1, 0.15) is 31.0 Å². The Hall–Kier alpha value is -3.94. The molecule has 2 fully saturated rings. The van der Waals surface area contributed by atoms with Crippen LogP contribution in [0, 0.1) is 17.8 Å². The molecule has 9 nitrogen and oxygen atoms in total. The number of anilines is 2. The summed E-state index contributed by atoms with van der Waals surface area (Å²) in [4.78, 5) is 34.5. The van der Waals surface area contributed by atoms with E-state index in [0.717, 1.165) is 47.5 Å². The summed E-state index contributed by atoms with van der Waals surface area (Å²) in [7, 11) is 4.15. The van der Waals surface area contributed by atoms with Crippen molar-refractivity contribution in [3.63, 3.8) is 0 Å². The highest BCUT2D eigenvalue weighted by molar-refractivity contribution is 6.36. The third kappa shape index (κ3) is 6.16. The molecule has 11 heteroatoms. The fourth-order valence-electron chi connectivity index (χ4n) is 6.87. The Kier molecular flexibility index (Phi) is 8.59. The number of nitrogens with zero attached hydrogens (tertiary/aromatic N) is 7. The summed E-state index contributed by atoms with van der Waals surface area (Å²) in [6.45, 7) is 17.0. The number of ether oxygens (including phenoxy) is 1. The topological polar surface area (TPSA) is 69.4 Å². The largest absolute Gasteiger partial charge is 0.463 e. The van der Waals surface area contributed by atoms with Crippen LogP contribution in [-0.2, 0) is 17.8 Å². The van der Waals surface area contributed by atoms with Crippen molar-refractivity contribution < 1.29 is 13.9 Å². The molecule has 3 heterocycles. The molecule has 0 bridgehead atoms. The first kappa shape index (κ1) is 31.1. The van der Waals surface area contributed by atoms with Gasteiger partial charge in [0.2, 0.25) is 12.5 Å². The van der Waals surface area contributed by atoms with Gasteiger partial charge in [0.25, 0.3) is 0 Å². The third-order valence-electron chi connectivity index (χ3n) is 9.28. The van der Waals surface area contributed by atoms with Crippen molar-refractivity contribution in [1.29, 1.82) is 0 Å². The van der Waals surface area contributed by atoms with E-state index in [4.69, 9.17) is 32.9 Å². The van der Waals surface area contributed by atoms with Crippen LogP contribution < -0.4 is 14.5 Å². The van der Waals surface area contributed by atoms with Crippen LogP contribution >= 0.6 is 11.6 Å². The standard InChI is InChI=1S/C34H39ClFN7O2/c1-6-29(44)42-15-14-41(18-24(42)17-37-3)32-25-16-22(2)43(28-9-7-8-23-10-11-26(36)31(35)30(23)28)19-27(25)38-33(39-32)45-21-34(12-13-34)20-40(4)5/h6-11,22,24H,1,12-21H2,2,4-5H3/t22-,24+/m1/s1. The van der Waals surface area contributed by atoms with E-state index in [1.807, 2.05) is 18.2 Å². The predicted octanol–water partition coefficient (Wildman–Crippen LogP) is 5.22. The smallest absolute Gasteiger partial charge is 0.318 e. The highest BCUT2D eigenvalue weighted by atomic mass is 35.5. The van der Waals surface area contributed by atoms with E-state index in [2.05, 4.69) is 47.1 Å². The zero-order valence-electron chi connectivity index (χ0n) is 26.1. The number of benzene rings is 2. The van der Waals surface area contributed by atoms with Crippen molar-refractivity contribution >= 4 is 39.8 Å². The average molecular weight is 632 g/mol. The van der Waals surface area contributed by atoms with Crippen molar-refractivity contribution in [2.75, 3.05) is 63.2 Å². The van der Waals surface area contributed by atoms with Crippen molar-refractivity contribution in [2.45, 2.75) is 44.8 Å². The number of aromatic nitrogens is 2. The van der Waals surface area contributed by atoms with E-state index in [-0.39, 0.29) is 35.0 Å². The first-order chi connectivity index (χ1) is 21.6. The van der Waals surface area contributed by atoms with Crippen LogP contribution in [-0.4, -0.2) is 91.2 Å². The lowest BCUT2D eigenvalue weighted by Gasteiger charge is -2.42. The zero-order valence-corrected chi connectivity index (χ0v) is 26.9. The zero-order chi connectivity index (χ0) is 31.9. The third-order valence-corrected chi connectivity index (χ3v) is 9.65. The highest BCUT2D eigenvalue weighted by Gasteiger charge is 2.44. The summed E-state index contributed by atoms with van der Waals surface area (Å²) in [5, 5.41) is 1.67. The van der Waals surface area contributed by atoms with Crippen LogP contribution in [0.15, 0.2) is 43.0 Å². The van der Waals surface area contributed by atoms with Gasteiger partial charge in [-0.05, 0) is 63.9 Å². The summed E-state index contributed by atoms with van der Waals surface area (Å²) < 4.78 is 21.0. The van der Waals surface area contributed by atoms with E-state index in [1.54, 1.807) is 11.0 Å². The summed E-state index contributed by atoms with van der Waals surface area (Å²) in [5.74, 6) is 0.181. The van der Waals surface area contributed by atoms with E-state index in [0.29, 0.717) is 50.6 Å². The maximum Gasteiger partial charge on any atom is 0.318 e. The summed E-state index contributed by atoms with van der Waals surface area (Å²) in [6.07, 6.45) is 4.17. The molecule has 3 aromatic rings. The van der Waals surface area contributed by atoms with Crippen molar-refractivity contribution in [3.05, 3.63) is 76.5 Å². The second-order valence-electron chi connectivity index (χ2n) is 12.9. The van der Waals surface area contributed by atoms with Crippen molar-refractivity contribution in [1.82, 2.24) is 19.8 Å². The number of halogens is 2. The highest BCUT2D eigenvalue weighted by Crippen LogP contribution is 2.46. The number of rotatable bonds is 9. The predicted molar refractivity (Wildman–Crippen MR) is 175 cm³/mol. The van der Waals surface area contributed by atoms with Crippen LogP contribution in [0.4, 0.5) is 15.9 Å². The lowest BCUT2D eigenvalue weighted by Crippen LogP contribution is -2.56. The van der Waals surface area contributed by atoms with E-state index < -0.39 is 5.82 Å². The lowest BCUT2D eigenvalue weighted by atomic mass is 9.96. The second kappa shape index (κ2) is 12.5. The molecule has 1 aromatic heterocycles. The van der Waals surface area contributed by atoms with E-state index in [9.17, 15) is 9.18 Å². The van der Waals surface area contributed by atoms with Gasteiger partial charge in [-0.2, -0.15) is 9.97 Å². The van der Waals surface area contributed by atoms with Crippen LogP contribution in [0.2, 0.25) is 5.02 Å². The Labute approximate surface area is 269 Å². The normalized spacial score (nSPS) is 20.6. The number of fused-ring (bicyclic) bond motifs is 2. The minimum atomic E-state index is -0.447. The molecule has 0 N–H and O–H groups in total. The van der Waals surface area contributed by atoms with Gasteiger partial charge in [0.15, 0.2) is 0 Å². The maximum absolute atomic E-state index is 14.7. The van der Waals surface area contributed by atoms with Gasteiger partial charge in [-0.3, -0.25) is 4.79 Å². The van der Waals surface area contributed by atoms with Gasteiger partial charge in [-0.25, -0.2) is 11.0 Å². The Morgan fingerprint density at radius 1 is 1.27 bits per heavy atom. The second-order valence-corrected chi connectivity index (χ2v) is 13.3. The summed E-state index contributed by atoms with van der Waals surface area (Å²) >= 11 is 6.55. The molecular weight excluding hydrogens is 593 g/mol. The summed E-state index contributed by atoms with van der Waals surface area (Å²) in [6, 6.07) is 9.14. The SMILES string of the molecule is [C-]#[N+]C[C@H]1CN(c2nc(OCC3(CN(C)C)CC3)nc3c2C[C@@H](C)N(c2cccc4ccc(F)c(Cl)c24)C3)CCN1C(=O)C=C. The number of carbonyl (C=O) groups excluding carboxylic acids is 1. The molecular formula is C34H39ClFN7O2. The van der Waals surface area contributed by atoms with Crippen molar-refractivity contribution in [3.8, 4) is 6.01 Å². The Balaban J connectivity index is 1.38. The van der Waals surface area contributed by atoms with Crippen LogP contribution in [0.5, 0.6) is 6.01 Å². The first-order valence-electron chi connectivity index (χ1n) is 15.4. The monoisotopic (exact) mass is 631 g/mol. The van der Waals surface area contributed by atoms with Gasteiger partial charge in [0, 0.05) is 54.3 Å². The lowest BCUT2D eigenvalue weighted by molar-refractivity contribution is -0.128. The molecule has 1 saturated heterocycles. The molecule has 2 aliphatic heterocycles. The van der Waals surface area contributed by atoms with Gasteiger partial charge in [0.05, 0.1) is 23.9 Å². The number of amides is 1. The Morgan fingerprint density at radius 3 is 2.78 bits per heavy atom. The fourth-order valence-corrected chi connectivity index (χ4v) is 7.14. The number of hydrogen-bond donors (Lipinski definition) is 0. The van der Waals surface area contributed by atoms with E-state index in [1.165, 1.54) is 12.1 Å². The Bertz CT molecular complexity index is 1670. The number of piperazine rings is 1. The van der Waals surface area contributed by atoms with Crippen LogP contribution in [0.25, 0.3) is 15.6 Å². The van der Waals surface area contributed by atoms with Gasteiger partial charge in [-0.15, -0.1) is 0 Å². The fraction of sp³-hybridized carbons (Fsp3) is 0.471. The molecule has 1 saturated carbocycles. The van der Waals surface area contributed by atoms with E-state index >= 15 is 0 Å². The van der Waals surface area contributed by atoms with Gasteiger partial charge in [-0.1, -0.05) is 36.4 Å². The molecule has 3 aliphatic rings. The first-order valence-corrected chi connectivity index (χ1v) is 15.8. The molecule has 45 heavy (non-hydrogen) atoms. The maximum atomic E-state index is 14.7. The molecule has 2 aromatic carbocycles. The van der Waals surface area contributed by atoms with Crippen LogP contribution in [0.3, 0.4) is 0 Å². The molecule has 6 rings (SSSR count). The average Bonchev–Trinajstić information content (AvgIpc) is 3.79. The minimum Gasteiger partial charge on any atom is -0.463 e. The Morgan fingerprint density at radius 2 is 2.07 bits per heavy atom. The quantitative estimate of drug-likeness (QED) is 0.237. The molecule has 0 radical (unpaired) electrons. The molecule has 0 unspecified atom stereocenters. The molecule has 2 atom stereocenters. The summed E-state index contributed by atoms with van der Waals surface area (Å²) in [5.41, 5.74) is 2.84. The molecule has 236 valence electrons. The van der Waals surface area contributed by atoms with Gasteiger partial charge >= 0.3 is 6.01 Å². The number of hydrogen-bond acceptors (Lipinski definition) is 7.